The number of alkyl halides is 3. The molecular formula is C22H23F3N2O2S. The average molecular weight is 436 g/mol. The second-order valence-corrected chi connectivity index (χ2v) is 8.91. The van der Waals surface area contributed by atoms with E-state index in [0.29, 0.717) is 30.1 Å². The molecule has 8 heteroatoms. The molecule has 4 nitrogen and oxygen atoms in total. The Morgan fingerprint density at radius 1 is 1.10 bits per heavy atom. The summed E-state index contributed by atoms with van der Waals surface area (Å²) in [5, 5.41) is 1.86. The molecule has 1 saturated heterocycles. The molecular weight excluding hydrogens is 413 g/mol. The van der Waals surface area contributed by atoms with E-state index in [-0.39, 0.29) is 23.8 Å². The number of hydrogen-bond donors (Lipinski definition) is 0. The summed E-state index contributed by atoms with van der Waals surface area (Å²) in [6.07, 6.45) is -1.05. The molecule has 2 heterocycles. The quantitative estimate of drug-likeness (QED) is 0.675. The molecule has 1 aromatic heterocycles. The fourth-order valence-electron chi connectivity index (χ4n) is 3.92. The van der Waals surface area contributed by atoms with E-state index in [0.717, 1.165) is 37.8 Å². The largest absolute Gasteiger partial charge is 0.416 e. The molecule has 1 unspecified atom stereocenters. The Bertz CT molecular complexity index is 892. The molecule has 1 aromatic carbocycles. The summed E-state index contributed by atoms with van der Waals surface area (Å²) in [6, 6.07) is 8.78. The van der Waals surface area contributed by atoms with Crippen LogP contribution in [0.15, 0.2) is 41.8 Å². The number of benzene rings is 1. The van der Waals surface area contributed by atoms with Crippen molar-refractivity contribution in [2.24, 2.45) is 5.92 Å². The number of rotatable bonds is 5. The zero-order chi connectivity index (χ0) is 21.3. The van der Waals surface area contributed by atoms with Crippen LogP contribution in [0.1, 0.15) is 46.5 Å². The molecule has 1 aliphatic carbocycles. The van der Waals surface area contributed by atoms with Gasteiger partial charge in [0.1, 0.15) is 0 Å². The number of likely N-dealkylation sites (tertiary alicyclic amines) is 1. The van der Waals surface area contributed by atoms with E-state index in [1.165, 1.54) is 23.5 Å². The van der Waals surface area contributed by atoms with Crippen molar-refractivity contribution in [2.45, 2.75) is 44.4 Å². The van der Waals surface area contributed by atoms with E-state index in [1.54, 1.807) is 15.9 Å². The predicted molar refractivity (Wildman–Crippen MR) is 108 cm³/mol. The van der Waals surface area contributed by atoms with Crippen LogP contribution in [0.4, 0.5) is 13.2 Å². The minimum atomic E-state index is -4.37. The molecule has 2 fully saturated rings. The molecule has 30 heavy (non-hydrogen) atoms. The summed E-state index contributed by atoms with van der Waals surface area (Å²) in [7, 11) is 0. The molecule has 0 spiro atoms. The first kappa shape index (κ1) is 20.9. The third-order valence-corrected chi connectivity index (χ3v) is 6.55. The fraction of sp³-hybridized carbons (Fsp3) is 0.455. The Morgan fingerprint density at radius 2 is 1.83 bits per heavy atom. The first-order valence-electron chi connectivity index (χ1n) is 10.1. The van der Waals surface area contributed by atoms with Crippen LogP contribution >= 0.6 is 11.3 Å². The number of piperidine rings is 1. The van der Waals surface area contributed by atoms with E-state index >= 15 is 0 Å². The Morgan fingerprint density at radius 3 is 2.43 bits per heavy atom. The lowest BCUT2D eigenvalue weighted by Crippen LogP contribution is -2.47. The van der Waals surface area contributed by atoms with Crippen molar-refractivity contribution < 1.29 is 22.8 Å². The topological polar surface area (TPSA) is 40.6 Å². The van der Waals surface area contributed by atoms with Crippen LogP contribution in [-0.2, 0) is 17.5 Å². The molecule has 2 aliphatic rings. The van der Waals surface area contributed by atoms with Gasteiger partial charge in [-0.3, -0.25) is 9.59 Å². The lowest BCUT2D eigenvalue weighted by molar-refractivity contribution is -0.139. The maximum absolute atomic E-state index is 13.3. The van der Waals surface area contributed by atoms with Gasteiger partial charge in [0.25, 0.3) is 5.91 Å². The molecule has 1 saturated carbocycles. The second kappa shape index (κ2) is 8.41. The van der Waals surface area contributed by atoms with Gasteiger partial charge in [-0.05, 0) is 54.8 Å². The van der Waals surface area contributed by atoms with Crippen molar-refractivity contribution in [3.63, 3.8) is 0 Å². The van der Waals surface area contributed by atoms with Gasteiger partial charge in [-0.15, -0.1) is 11.3 Å². The summed E-state index contributed by atoms with van der Waals surface area (Å²) in [6.45, 7) is 1.34. The van der Waals surface area contributed by atoms with Gasteiger partial charge in [0, 0.05) is 25.7 Å². The standard InChI is InChI=1S/C22H23F3N2O2S/c23-22(24,25)17-7-5-15(6-8-17)13-27(18-9-10-18)20(28)16-3-1-11-26(14-16)21(29)19-4-2-12-30-19/h2,4-8,12,16,18H,1,3,9-11,13-14H2. The van der Waals surface area contributed by atoms with Crippen molar-refractivity contribution in [1.29, 1.82) is 0 Å². The smallest absolute Gasteiger partial charge is 0.337 e. The predicted octanol–water partition coefficient (Wildman–Crippen LogP) is 4.81. The van der Waals surface area contributed by atoms with Gasteiger partial charge in [-0.25, -0.2) is 0 Å². The van der Waals surface area contributed by atoms with Crippen LogP contribution in [-0.4, -0.2) is 40.7 Å². The fourth-order valence-corrected chi connectivity index (χ4v) is 4.61. The maximum atomic E-state index is 13.3. The van der Waals surface area contributed by atoms with E-state index in [9.17, 15) is 22.8 Å². The first-order chi connectivity index (χ1) is 14.3. The Kier molecular flexibility index (Phi) is 5.86. The van der Waals surface area contributed by atoms with Gasteiger partial charge in [0.15, 0.2) is 0 Å². The summed E-state index contributed by atoms with van der Waals surface area (Å²) in [4.78, 5) is 30.2. The number of carbonyl (C=O) groups excluding carboxylic acids is 2. The lowest BCUT2D eigenvalue weighted by Gasteiger charge is -2.35. The molecule has 4 rings (SSSR count). The zero-order valence-corrected chi connectivity index (χ0v) is 17.2. The molecule has 0 N–H and O–H groups in total. The van der Waals surface area contributed by atoms with E-state index < -0.39 is 11.7 Å². The summed E-state index contributed by atoms with van der Waals surface area (Å²) >= 11 is 1.39. The highest BCUT2D eigenvalue weighted by Gasteiger charge is 2.38. The van der Waals surface area contributed by atoms with E-state index in [1.807, 2.05) is 11.4 Å². The highest BCUT2D eigenvalue weighted by Crippen LogP contribution is 2.33. The minimum Gasteiger partial charge on any atom is -0.337 e. The number of halogens is 3. The normalized spacial score (nSPS) is 19.6. The molecule has 1 atom stereocenters. The highest BCUT2D eigenvalue weighted by atomic mass is 32.1. The third-order valence-electron chi connectivity index (χ3n) is 5.69. The second-order valence-electron chi connectivity index (χ2n) is 7.96. The number of carbonyl (C=O) groups is 2. The van der Waals surface area contributed by atoms with Crippen LogP contribution in [0, 0.1) is 5.92 Å². The maximum Gasteiger partial charge on any atom is 0.416 e. The highest BCUT2D eigenvalue weighted by molar-refractivity contribution is 7.12. The van der Waals surface area contributed by atoms with Crippen LogP contribution in [0.3, 0.4) is 0 Å². The molecule has 0 bridgehead atoms. The van der Waals surface area contributed by atoms with Crippen molar-refractivity contribution in [3.8, 4) is 0 Å². The van der Waals surface area contributed by atoms with Gasteiger partial charge >= 0.3 is 6.18 Å². The van der Waals surface area contributed by atoms with Crippen molar-refractivity contribution in [1.82, 2.24) is 9.80 Å². The van der Waals surface area contributed by atoms with E-state index in [4.69, 9.17) is 0 Å². The number of hydrogen-bond acceptors (Lipinski definition) is 3. The monoisotopic (exact) mass is 436 g/mol. The molecule has 0 radical (unpaired) electrons. The first-order valence-corrected chi connectivity index (χ1v) is 11.0. The number of nitrogens with zero attached hydrogens (tertiary/aromatic N) is 2. The van der Waals surface area contributed by atoms with Crippen molar-refractivity contribution >= 4 is 23.2 Å². The van der Waals surface area contributed by atoms with Gasteiger partial charge in [-0.2, -0.15) is 13.2 Å². The molecule has 1 aliphatic heterocycles. The molecule has 160 valence electrons. The van der Waals surface area contributed by atoms with Crippen LogP contribution in [0.2, 0.25) is 0 Å². The third kappa shape index (κ3) is 4.69. The minimum absolute atomic E-state index is 0.000998. The van der Waals surface area contributed by atoms with Gasteiger partial charge in [-0.1, -0.05) is 18.2 Å². The van der Waals surface area contributed by atoms with Gasteiger partial charge in [0.05, 0.1) is 16.4 Å². The summed E-state index contributed by atoms with van der Waals surface area (Å²) in [5.74, 6) is -0.304. The van der Waals surface area contributed by atoms with E-state index in [2.05, 4.69) is 0 Å². The summed E-state index contributed by atoms with van der Waals surface area (Å²) < 4.78 is 38.4. The number of amides is 2. The van der Waals surface area contributed by atoms with Crippen LogP contribution in [0.25, 0.3) is 0 Å². The SMILES string of the molecule is O=C(c1cccs1)N1CCCC(C(=O)N(Cc2ccc(C(F)(F)F)cc2)C2CC2)C1. The number of thiophene rings is 1. The lowest BCUT2D eigenvalue weighted by atomic mass is 9.95. The molecule has 2 amide bonds. The zero-order valence-electron chi connectivity index (χ0n) is 16.4. The average Bonchev–Trinajstić information content (AvgIpc) is 3.43. The van der Waals surface area contributed by atoms with Crippen molar-refractivity contribution in [2.75, 3.05) is 13.1 Å². The van der Waals surface area contributed by atoms with Gasteiger partial charge < -0.3 is 9.80 Å². The Labute approximate surface area is 177 Å². The van der Waals surface area contributed by atoms with Crippen LogP contribution in [0.5, 0.6) is 0 Å². The Hall–Kier alpha value is -2.35. The van der Waals surface area contributed by atoms with Gasteiger partial charge in [0.2, 0.25) is 5.91 Å². The molecule has 2 aromatic rings. The summed E-state index contributed by atoms with van der Waals surface area (Å²) in [5.41, 5.74) is -0.00358. The van der Waals surface area contributed by atoms with Crippen LogP contribution < -0.4 is 0 Å². The Balaban J connectivity index is 1.44. The van der Waals surface area contributed by atoms with Crippen molar-refractivity contribution in [3.05, 3.63) is 57.8 Å².